The lowest BCUT2D eigenvalue weighted by Crippen LogP contribution is -2.45. The number of piperazine rings is 1. The molecule has 0 bridgehead atoms. The smallest absolute Gasteiger partial charge is 0.258 e. The van der Waals surface area contributed by atoms with E-state index >= 15 is 0 Å². The van der Waals surface area contributed by atoms with Crippen LogP contribution < -0.4 is 10.9 Å². The Hall–Kier alpha value is -3.03. The van der Waals surface area contributed by atoms with Gasteiger partial charge in [0.25, 0.3) is 5.56 Å². The maximum Gasteiger partial charge on any atom is 0.258 e. The number of hydrogen-bond acceptors (Lipinski definition) is 5. The first-order chi connectivity index (χ1) is 15.6. The molecule has 7 nitrogen and oxygen atoms in total. The average Bonchev–Trinajstić information content (AvgIpc) is 2.81. The second-order valence-electron chi connectivity index (χ2n) is 8.34. The van der Waals surface area contributed by atoms with Gasteiger partial charge in [-0.2, -0.15) is 0 Å². The third kappa shape index (κ3) is 5.81. The first kappa shape index (κ1) is 22.2. The van der Waals surface area contributed by atoms with Gasteiger partial charge in [-0.1, -0.05) is 31.2 Å². The molecule has 0 atom stereocenters. The number of rotatable bonds is 8. The van der Waals surface area contributed by atoms with E-state index in [4.69, 9.17) is 0 Å². The van der Waals surface area contributed by atoms with Crippen molar-refractivity contribution in [3.05, 3.63) is 70.3 Å². The predicted octanol–water partition coefficient (Wildman–Crippen LogP) is 3.02. The van der Waals surface area contributed by atoms with Crippen LogP contribution in [-0.2, 0) is 17.8 Å². The van der Waals surface area contributed by atoms with Crippen LogP contribution >= 0.6 is 0 Å². The summed E-state index contributed by atoms with van der Waals surface area (Å²) < 4.78 is 0. The summed E-state index contributed by atoms with van der Waals surface area (Å²) >= 11 is 0. The monoisotopic (exact) mass is 433 g/mol. The van der Waals surface area contributed by atoms with Crippen molar-refractivity contribution in [3.8, 4) is 0 Å². The number of aromatic amines is 1. The fourth-order valence-corrected chi connectivity index (χ4v) is 4.11. The summed E-state index contributed by atoms with van der Waals surface area (Å²) in [6.07, 6.45) is 1.55. The normalized spacial score (nSPS) is 15.2. The molecule has 4 rings (SSSR count). The summed E-state index contributed by atoms with van der Waals surface area (Å²) in [6, 6.07) is 15.4. The number of hydrogen-bond donors (Lipinski definition) is 2. The van der Waals surface area contributed by atoms with Crippen LogP contribution in [-0.4, -0.2) is 58.4 Å². The molecule has 0 unspecified atom stereocenters. The van der Waals surface area contributed by atoms with Crippen molar-refractivity contribution in [2.24, 2.45) is 0 Å². The molecule has 1 aromatic heterocycles. The molecular formula is C25H31N5O2. The van der Waals surface area contributed by atoms with Crippen LogP contribution in [0, 0.1) is 0 Å². The summed E-state index contributed by atoms with van der Waals surface area (Å²) in [7, 11) is 0. The van der Waals surface area contributed by atoms with Gasteiger partial charge in [0.1, 0.15) is 5.82 Å². The highest BCUT2D eigenvalue weighted by Crippen LogP contribution is 2.14. The molecular weight excluding hydrogens is 402 g/mol. The number of amides is 1. The van der Waals surface area contributed by atoms with E-state index in [9.17, 15) is 9.59 Å². The Bertz CT molecular complexity index is 1100. The van der Waals surface area contributed by atoms with Gasteiger partial charge in [-0.05, 0) is 42.8 Å². The Balaban J connectivity index is 1.22. The van der Waals surface area contributed by atoms with E-state index in [0.29, 0.717) is 36.0 Å². The highest BCUT2D eigenvalue weighted by Gasteiger charge is 2.15. The number of para-hydroxylation sites is 1. The van der Waals surface area contributed by atoms with E-state index in [1.807, 2.05) is 30.3 Å². The minimum absolute atomic E-state index is 0.0310. The van der Waals surface area contributed by atoms with Crippen molar-refractivity contribution < 1.29 is 4.79 Å². The van der Waals surface area contributed by atoms with Crippen LogP contribution in [0.4, 0.5) is 5.69 Å². The zero-order valence-electron chi connectivity index (χ0n) is 18.6. The van der Waals surface area contributed by atoms with Gasteiger partial charge in [0.15, 0.2) is 0 Å². The molecule has 0 spiro atoms. The van der Waals surface area contributed by atoms with Crippen molar-refractivity contribution in [2.45, 2.75) is 32.7 Å². The zero-order valence-corrected chi connectivity index (χ0v) is 18.6. The van der Waals surface area contributed by atoms with Crippen molar-refractivity contribution in [2.75, 3.05) is 38.0 Å². The molecule has 3 aromatic rings. The number of fused-ring (bicyclic) bond motifs is 1. The Kier molecular flexibility index (Phi) is 7.29. The molecule has 0 saturated carbocycles. The van der Waals surface area contributed by atoms with Crippen molar-refractivity contribution in [3.63, 3.8) is 0 Å². The average molecular weight is 434 g/mol. The minimum Gasteiger partial charge on any atom is -0.326 e. The van der Waals surface area contributed by atoms with E-state index in [0.717, 1.165) is 45.0 Å². The molecule has 2 heterocycles. The number of carbonyl (C=O) groups is 1. The van der Waals surface area contributed by atoms with Crippen molar-refractivity contribution >= 4 is 22.5 Å². The minimum atomic E-state index is -0.137. The quantitative estimate of drug-likeness (QED) is 0.571. The van der Waals surface area contributed by atoms with Crippen molar-refractivity contribution in [1.29, 1.82) is 0 Å². The number of nitrogens with zero attached hydrogens (tertiary/aromatic N) is 3. The number of benzene rings is 2. The van der Waals surface area contributed by atoms with Crippen molar-refractivity contribution in [1.82, 2.24) is 19.8 Å². The topological polar surface area (TPSA) is 81.3 Å². The first-order valence-corrected chi connectivity index (χ1v) is 11.4. The van der Waals surface area contributed by atoms with Gasteiger partial charge in [0.05, 0.1) is 10.9 Å². The summed E-state index contributed by atoms with van der Waals surface area (Å²) in [5, 5.41) is 3.55. The third-order valence-electron chi connectivity index (χ3n) is 6.04. The number of anilines is 1. The highest BCUT2D eigenvalue weighted by atomic mass is 16.1. The number of aromatic nitrogens is 2. The molecule has 32 heavy (non-hydrogen) atoms. The Morgan fingerprint density at radius 2 is 1.75 bits per heavy atom. The van der Waals surface area contributed by atoms with Gasteiger partial charge >= 0.3 is 0 Å². The summed E-state index contributed by atoms with van der Waals surface area (Å²) in [6.45, 7) is 8.75. The molecule has 2 aromatic carbocycles. The molecule has 1 amide bonds. The van der Waals surface area contributed by atoms with Crippen LogP contribution in [0.15, 0.2) is 53.3 Å². The Labute approximate surface area is 188 Å². The summed E-state index contributed by atoms with van der Waals surface area (Å²) in [5.74, 6) is 0.585. The zero-order chi connectivity index (χ0) is 22.3. The van der Waals surface area contributed by atoms with Crippen LogP contribution in [0.3, 0.4) is 0 Å². The van der Waals surface area contributed by atoms with Crippen LogP contribution in [0.5, 0.6) is 0 Å². The number of carbonyl (C=O) groups excluding carboxylic acids is 1. The van der Waals surface area contributed by atoms with E-state index in [2.05, 4.69) is 44.1 Å². The maximum atomic E-state index is 12.3. The van der Waals surface area contributed by atoms with Gasteiger partial charge in [-0.15, -0.1) is 0 Å². The van der Waals surface area contributed by atoms with Gasteiger partial charge in [0.2, 0.25) is 5.91 Å². The van der Waals surface area contributed by atoms with E-state index in [1.165, 1.54) is 5.56 Å². The first-order valence-electron chi connectivity index (χ1n) is 11.4. The molecule has 0 radical (unpaired) electrons. The molecule has 7 heteroatoms. The van der Waals surface area contributed by atoms with Crippen LogP contribution in [0.1, 0.15) is 31.2 Å². The lowest BCUT2D eigenvalue weighted by Gasteiger charge is -2.34. The highest BCUT2D eigenvalue weighted by molar-refractivity contribution is 5.90. The molecule has 168 valence electrons. The lowest BCUT2D eigenvalue weighted by atomic mass is 10.1. The maximum absolute atomic E-state index is 12.3. The largest absolute Gasteiger partial charge is 0.326 e. The van der Waals surface area contributed by atoms with E-state index in [-0.39, 0.29) is 11.5 Å². The third-order valence-corrected chi connectivity index (χ3v) is 6.04. The molecule has 2 N–H and O–H groups in total. The molecule has 1 fully saturated rings. The van der Waals surface area contributed by atoms with Gasteiger partial charge in [-0.3, -0.25) is 14.5 Å². The number of nitrogens with one attached hydrogen (secondary N) is 2. The van der Waals surface area contributed by atoms with Gasteiger partial charge in [0, 0.05) is 51.3 Å². The fourth-order valence-electron chi connectivity index (χ4n) is 4.11. The van der Waals surface area contributed by atoms with E-state index in [1.54, 1.807) is 6.07 Å². The second kappa shape index (κ2) is 10.5. The second-order valence-corrected chi connectivity index (χ2v) is 8.34. The van der Waals surface area contributed by atoms with E-state index < -0.39 is 0 Å². The number of aryl methyl sites for hydroxylation is 1. The van der Waals surface area contributed by atoms with Gasteiger partial charge < -0.3 is 15.2 Å². The van der Waals surface area contributed by atoms with Gasteiger partial charge in [-0.25, -0.2) is 4.98 Å². The number of H-pyrrole nitrogens is 1. The Morgan fingerprint density at radius 3 is 2.50 bits per heavy atom. The standard InChI is InChI=1S/C25H31N5O2/c1-2-29-14-16-30(17-15-29)18-19-10-12-20(13-11-19)26-24(31)9-5-8-23-27-22-7-4-3-6-21(22)25(32)28-23/h3-4,6-7,10-13H,2,5,8-9,14-18H2,1H3,(H,26,31)(H,27,28,32). The SMILES string of the molecule is CCN1CCN(Cc2ccc(NC(=O)CCCc3nc4ccccc4c(=O)[nH]3)cc2)CC1. The summed E-state index contributed by atoms with van der Waals surface area (Å²) in [5.41, 5.74) is 2.62. The number of likely N-dealkylation sites (N-methyl/N-ethyl adjacent to an activating group) is 1. The molecule has 0 aliphatic carbocycles. The summed E-state index contributed by atoms with van der Waals surface area (Å²) in [4.78, 5) is 36.7. The predicted molar refractivity (Wildman–Crippen MR) is 128 cm³/mol. The molecule has 1 aliphatic rings. The molecule has 1 saturated heterocycles. The van der Waals surface area contributed by atoms with Crippen LogP contribution in [0.2, 0.25) is 0 Å². The molecule has 1 aliphatic heterocycles. The Morgan fingerprint density at radius 1 is 1.03 bits per heavy atom. The van der Waals surface area contributed by atoms with Crippen LogP contribution in [0.25, 0.3) is 10.9 Å². The fraction of sp³-hybridized carbons (Fsp3) is 0.400. The lowest BCUT2D eigenvalue weighted by molar-refractivity contribution is -0.116.